The predicted octanol–water partition coefficient (Wildman–Crippen LogP) is 3.16. The van der Waals surface area contributed by atoms with Crippen LogP contribution in [0.2, 0.25) is 0 Å². The summed E-state index contributed by atoms with van der Waals surface area (Å²) in [6.45, 7) is 8.77. The molecule has 0 aliphatic rings. The molecule has 1 rings (SSSR count). The van der Waals surface area contributed by atoms with Crippen LogP contribution in [0.15, 0.2) is 24.3 Å². The Kier molecular flexibility index (Phi) is 8.82. The van der Waals surface area contributed by atoms with Crippen molar-refractivity contribution in [3.63, 3.8) is 0 Å². The molecule has 1 atom stereocenters. The minimum atomic E-state index is -1.14. The summed E-state index contributed by atoms with van der Waals surface area (Å²) in [5.41, 5.74) is 1.20. The molecule has 7 nitrogen and oxygen atoms in total. The zero-order valence-corrected chi connectivity index (χ0v) is 17.3. The Balaban J connectivity index is 2.43. The van der Waals surface area contributed by atoms with Gasteiger partial charge in [0.25, 0.3) is 5.91 Å². The van der Waals surface area contributed by atoms with Crippen molar-refractivity contribution in [1.29, 1.82) is 0 Å². The second-order valence-corrected chi connectivity index (χ2v) is 7.70. The number of Topliss-reactive ketones (excluding diaryl/α,β-unsaturated/α-hetero) is 1. The van der Waals surface area contributed by atoms with Gasteiger partial charge in [0.2, 0.25) is 0 Å². The van der Waals surface area contributed by atoms with Crippen LogP contribution in [0.1, 0.15) is 69.8 Å². The molecule has 1 aromatic rings. The normalized spacial score (nSPS) is 12.0. The fourth-order valence-electron chi connectivity index (χ4n) is 2.40. The van der Waals surface area contributed by atoms with Crippen molar-refractivity contribution in [2.75, 3.05) is 0 Å². The Morgan fingerprint density at radius 1 is 1.04 bits per heavy atom. The van der Waals surface area contributed by atoms with Crippen LogP contribution in [0.4, 0.5) is 4.79 Å². The van der Waals surface area contributed by atoms with E-state index in [1.807, 2.05) is 12.1 Å². The molecular formula is C21H30N2O5. The van der Waals surface area contributed by atoms with Gasteiger partial charge < -0.3 is 10.1 Å². The first-order valence-electron chi connectivity index (χ1n) is 9.46. The van der Waals surface area contributed by atoms with E-state index in [0.29, 0.717) is 5.56 Å². The SMILES string of the molecule is CCCc1ccc(C(=O)CCC(=O)O[C@H](C)C(=O)NC(=O)NC(C)(C)C)cc1. The van der Waals surface area contributed by atoms with E-state index in [1.165, 1.54) is 6.92 Å². The number of carbonyl (C=O) groups is 4. The highest BCUT2D eigenvalue weighted by Gasteiger charge is 2.22. The third-order valence-electron chi connectivity index (χ3n) is 3.77. The molecule has 0 unspecified atom stereocenters. The Hall–Kier alpha value is -2.70. The second kappa shape index (κ2) is 10.6. The van der Waals surface area contributed by atoms with Crippen LogP contribution in [0.3, 0.4) is 0 Å². The molecular weight excluding hydrogens is 360 g/mol. The Morgan fingerprint density at radius 3 is 2.18 bits per heavy atom. The molecule has 3 amide bonds. The summed E-state index contributed by atoms with van der Waals surface area (Å²) in [6.07, 6.45) is 0.699. The summed E-state index contributed by atoms with van der Waals surface area (Å²) in [4.78, 5) is 47.6. The highest BCUT2D eigenvalue weighted by atomic mass is 16.5. The predicted molar refractivity (Wildman–Crippen MR) is 106 cm³/mol. The lowest BCUT2D eigenvalue weighted by atomic mass is 10.0. The van der Waals surface area contributed by atoms with Gasteiger partial charge in [-0.05, 0) is 39.7 Å². The van der Waals surface area contributed by atoms with Crippen molar-refractivity contribution in [2.45, 2.75) is 71.9 Å². The maximum Gasteiger partial charge on any atom is 0.321 e. The van der Waals surface area contributed by atoms with Crippen molar-refractivity contribution in [3.8, 4) is 0 Å². The minimum Gasteiger partial charge on any atom is -0.453 e. The van der Waals surface area contributed by atoms with Gasteiger partial charge >= 0.3 is 12.0 Å². The second-order valence-electron chi connectivity index (χ2n) is 7.70. The summed E-state index contributed by atoms with van der Waals surface area (Å²) in [6, 6.07) is 6.65. The summed E-state index contributed by atoms with van der Waals surface area (Å²) in [7, 11) is 0. The van der Waals surface area contributed by atoms with Gasteiger partial charge in [0.05, 0.1) is 6.42 Å². The summed E-state index contributed by atoms with van der Waals surface area (Å²) in [5.74, 6) is -1.57. The van der Waals surface area contributed by atoms with E-state index < -0.39 is 29.6 Å². The lowest BCUT2D eigenvalue weighted by Gasteiger charge is -2.21. The van der Waals surface area contributed by atoms with E-state index in [4.69, 9.17) is 4.74 Å². The van der Waals surface area contributed by atoms with Gasteiger partial charge in [-0.3, -0.25) is 19.7 Å². The van der Waals surface area contributed by atoms with Crippen LogP contribution in [0.25, 0.3) is 0 Å². The topological polar surface area (TPSA) is 102 Å². The van der Waals surface area contributed by atoms with Crippen molar-refractivity contribution >= 4 is 23.7 Å². The molecule has 0 radical (unpaired) electrons. The number of hydrogen-bond acceptors (Lipinski definition) is 5. The Morgan fingerprint density at radius 2 is 1.64 bits per heavy atom. The fraction of sp³-hybridized carbons (Fsp3) is 0.524. The fourth-order valence-corrected chi connectivity index (χ4v) is 2.40. The molecule has 0 aliphatic heterocycles. The van der Waals surface area contributed by atoms with Gasteiger partial charge in [-0.25, -0.2) is 4.79 Å². The molecule has 0 saturated carbocycles. The van der Waals surface area contributed by atoms with Gasteiger partial charge in [-0.2, -0.15) is 0 Å². The maximum absolute atomic E-state index is 12.2. The molecule has 154 valence electrons. The quantitative estimate of drug-likeness (QED) is 0.524. The van der Waals surface area contributed by atoms with Crippen molar-refractivity contribution in [2.24, 2.45) is 0 Å². The van der Waals surface area contributed by atoms with Crippen LogP contribution in [0, 0.1) is 0 Å². The first kappa shape index (κ1) is 23.3. The standard InChI is InChI=1S/C21H30N2O5/c1-6-7-15-8-10-16(11-9-15)17(24)12-13-18(25)28-14(2)19(26)22-20(27)23-21(3,4)5/h8-11,14H,6-7,12-13H2,1-5H3,(H2,22,23,26,27)/t14-/m1/s1. The first-order chi connectivity index (χ1) is 13.0. The number of rotatable bonds is 8. The maximum atomic E-state index is 12.2. The van der Waals surface area contributed by atoms with Gasteiger partial charge in [-0.1, -0.05) is 37.6 Å². The molecule has 0 fully saturated rings. The molecule has 0 aliphatic carbocycles. The molecule has 0 bridgehead atoms. The average Bonchev–Trinajstić information content (AvgIpc) is 2.58. The Labute approximate surface area is 166 Å². The number of ether oxygens (including phenoxy) is 1. The van der Waals surface area contributed by atoms with E-state index in [-0.39, 0.29) is 18.6 Å². The molecule has 0 spiro atoms. The number of benzene rings is 1. The summed E-state index contributed by atoms with van der Waals surface area (Å²) >= 11 is 0. The number of imide groups is 1. The number of hydrogen-bond donors (Lipinski definition) is 2. The first-order valence-corrected chi connectivity index (χ1v) is 9.46. The molecule has 1 aromatic carbocycles. The van der Waals surface area contributed by atoms with Crippen LogP contribution in [-0.2, 0) is 20.7 Å². The lowest BCUT2D eigenvalue weighted by molar-refractivity contribution is -0.154. The number of ketones is 1. The molecule has 0 saturated heterocycles. The van der Waals surface area contributed by atoms with Crippen molar-refractivity contribution in [1.82, 2.24) is 10.6 Å². The summed E-state index contributed by atoms with van der Waals surface area (Å²) < 4.78 is 5.00. The largest absolute Gasteiger partial charge is 0.453 e. The average molecular weight is 390 g/mol. The van der Waals surface area contributed by atoms with E-state index >= 15 is 0 Å². The lowest BCUT2D eigenvalue weighted by Crippen LogP contribution is -2.50. The third-order valence-corrected chi connectivity index (χ3v) is 3.77. The monoisotopic (exact) mass is 390 g/mol. The number of amides is 3. The van der Waals surface area contributed by atoms with Crippen LogP contribution < -0.4 is 10.6 Å². The van der Waals surface area contributed by atoms with Crippen molar-refractivity contribution in [3.05, 3.63) is 35.4 Å². The smallest absolute Gasteiger partial charge is 0.321 e. The van der Waals surface area contributed by atoms with E-state index in [0.717, 1.165) is 18.4 Å². The van der Waals surface area contributed by atoms with Gasteiger partial charge in [0.15, 0.2) is 11.9 Å². The number of urea groups is 1. The zero-order chi connectivity index (χ0) is 21.3. The van der Waals surface area contributed by atoms with Crippen molar-refractivity contribution < 1.29 is 23.9 Å². The zero-order valence-electron chi connectivity index (χ0n) is 17.3. The number of aryl methyl sites for hydroxylation is 1. The number of nitrogens with one attached hydrogen (secondary N) is 2. The molecule has 28 heavy (non-hydrogen) atoms. The van der Waals surface area contributed by atoms with Crippen LogP contribution in [0.5, 0.6) is 0 Å². The van der Waals surface area contributed by atoms with Crippen LogP contribution >= 0.6 is 0 Å². The number of esters is 1. The van der Waals surface area contributed by atoms with Gasteiger partial charge in [-0.15, -0.1) is 0 Å². The molecule has 7 heteroatoms. The third kappa shape index (κ3) is 8.79. The molecule has 0 aromatic heterocycles. The Bertz CT molecular complexity index is 705. The highest BCUT2D eigenvalue weighted by Crippen LogP contribution is 2.10. The minimum absolute atomic E-state index is 0.00912. The van der Waals surface area contributed by atoms with E-state index in [9.17, 15) is 19.2 Å². The molecule has 2 N–H and O–H groups in total. The molecule has 0 heterocycles. The number of carbonyl (C=O) groups excluding carboxylic acids is 4. The van der Waals surface area contributed by atoms with Gasteiger partial charge in [0.1, 0.15) is 0 Å². The summed E-state index contributed by atoms with van der Waals surface area (Å²) in [5, 5.41) is 4.69. The van der Waals surface area contributed by atoms with E-state index in [2.05, 4.69) is 17.6 Å². The van der Waals surface area contributed by atoms with E-state index in [1.54, 1.807) is 32.9 Å². The van der Waals surface area contributed by atoms with Gasteiger partial charge in [0, 0.05) is 17.5 Å². The van der Waals surface area contributed by atoms with Crippen LogP contribution in [-0.4, -0.2) is 35.3 Å². The highest BCUT2D eigenvalue weighted by molar-refractivity contribution is 5.99.